The van der Waals surface area contributed by atoms with Gasteiger partial charge in [-0.2, -0.15) is 5.10 Å². The number of aromatic amines is 1. The predicted octanol–water partition coefficient (Wildman–Crippen LogP) is 5.02. The van der Waals surface area contributed by atoms with Gasteiger partial charge in [-0.25, -0.2) is 0 Å². The number of hydrogen-bond donors (Lipinski definition) is 1. The van der Waals surface area contributed by atoms with Crippen molar-refractivity contribution in [3.05, 3.63) is 41.2 Å². The van der Waals surface area contributed by atoms with Gasteiger partial charge in [0.15, 0.2) is 0 Å². The van der Waals surface area contributed by atoms with Gasteiger partial charge in [-0.1, -0.05) is 43.0 Å². The molecule has 4 rings (SSSR count). The minimum absolute atomic E-state index is 0.250. The minimum atomic E-state index is 0.250. The van der Waals surface area contributed by atoms with Crippen LogP contribution < -0.4 is 0 Å². The number of H-pyrrole nitrogens is 1. The van der Waals surface area contributed by atoms with E-state index < -0.39 is 0 Å². The zero-order valence-electron chi connectivity index (χ0n) is 15.1. The lowest BCUT2D eigenvalue weighted by Crippen LogP contribution is -2.43. The summed E-state index contributed by atoms with van der Waals surface area (Å²) in [5, 5.41) is 8.24. The van der Waals surface area contributed by atoms with E-state index in [-0.39, 0.29) is 5.92 Å². The summed E-state index contributed by atoms with van der Waals surface area (Å²) < 4.78 is 0. The van der Waals surface area contributed by atoms with Gasteiger partial charge in [0.1, 0.15) is 0 Å². The van der Waals surface area contributed by atoms with Crippen LogP contribution in [0.5, 0.6) is 0 Å². The quantitative estimate of drug-likeness (QED) is 0.823. The van der Waals surface area contributed by atoms with Crippen LogP contribution in [0.4, 0.5) is 0 Å². The normalized spacial score (nSPS) is 21.7. The molecule has 2 aromatic rings. The highest BCUT2D eigenvalue weighted by Gasteiger charge is 2.31. The largest absolute Gasteiger partial charge is 0.342 e. The summed E-state index contributed by atoms with van der Waals surface area (Å²) in [6, 6.07) is 7.88. The number of likely N-dealkylation sites (tertiary alicyclic amines) is 1. The second-order valence-electron chi connectivity index (χ2n) is 7.66. The molecule has 1 saturated heterocycles. The highest BCUT2D eigenvalue weighted by molar-refractivity contribution is 6.30. The summed E-state index contributed by atoms with van der Waals surface area (Å²) in [7, 11) is 0. The van der Waals surface area contributed by atoms with Crippen molar-refractivity contribution in [2.24, 2.45) is 5.92 Å². The van der Waals surface area contributed by atoms with Gasteiger partial charge in [-0.3, -0.25) is 9.89 Å². The Labute approximate surface area is 159 Å². The van der Waals surface area contributed by atoms with Crippen molar-refractivity contribution in [2.45, 2.75) is 50.9 Å². The lowest BCUT2D eigenvalue weighted by Gasteiger charge is -2.36. The van der Waals surface area contributed by atoms with Crippen LogP contribution in [0, 0.1) is 5.92 Å². The zero-order chi connectivity index (χ0) is 17.9. The maximum atomic E-state index is 12.9. The molecule has 1 aliphatic carbocycles. The SMILES string of the molecule is O=C(C1CCCCC1)N1CCC[C@@H](c2[nH]ncc2-c2ccc(Cl)cc2)C1. The molecule has 1 amide bonds. The Kier molecular flexibility index (Phi) is 5.30. The molecule has 1 saturated carbocycles. The van der Waals surface area contributed by atoms with Crippen LogP contribution in [-0.2, 0) is 4.79 Å². The van der Waals surface area contributed by atoms with Crippen LogP contribution >= 0.6 is 11.6 Å². The summed E-state index contributed by atoms with van der Waals surface area (Å²) >= 11 is 6.02. The fourth-order valence-electron chi connectivity index (χ4n) is 4.49. The Balaban J connectivity index is 1.51. The average Bonchev–Trinajstić information content (AvgIpc) is 3.19. The summed E-state index contributed by atoms with van der Waals surface area (Å²) in [6.45, 7) is 1.70. The molecule has 1 aromatic carbocycles. The molecule has 1 atom stereocenters. The zero-order valence-corrected chi connectivity index (χ0v) is 15.8. The van der Waals surface area contributed by atoms with Crippen molar-refractivity contribution in [2.75, 3.05) is 13.1 Å². The molecule has 0 unspecified atom stereocenters. The Morgan fingerprint density at radius 2 is 1.85 bits per heavy atom. The first-order valence-corrected chi connectivity index (χ1v) is 10.2. The number of halogens is 1. The number of nitrogens with one attached hydrogen (secondary N) is 1. The third-order valence-corrected chi connectivity index (χ3v) is 6.17. The van der Waals surface area contributed by atoms with E-state index in [1.54, 1.807) is 0 Å². The first-order valence-electron chi connectivity index (χ1n) is 9.80. The lowest BCUT2D eigenvalue weighted by molar-refractivity contribution is -0.137. The summed E-state index contributed by atoms with van der Waals surface area (Å²) in [5.41, 5.74) is 3.39. The van der Waals surface area contributed by atoms with Crippen molar-refractivity contribution in [1.82, 2.24) is 15.1 Å². The molecule has 0 radical (unpaired) electrons. The number of carbonyl (C=O) groups excluding carboxylic acids is 1. The fraction of sp³-hybridized carbons (Fsp3) is 0.524. The molecule has 1 aliphatic heterocycles. The molecule has 1 aromatic heterocycles. The van der Waals surface area contributed by atoms with Gasteiger partial charge >= 0.3 is 0 Å². The second-order valence-corrected chi connectivity index (χ2v) is 8.10. The maximum Gasteiger partial charge on any atom is 0.225 e. The Bertz CT molecular complexity index is 749. The number of carbonyl (C=O) groups is 1. The van der Waals surface area contributed by atoms with E-state index in [9.17, 15) is 4.79 Å². The monoisotopic (exact) mass is 371 g/mol. The van der Waals surface area contributed by atoms with E-state index in [1.807, 2.05) is 30.5 Å². The first kappa shape index (κ1) is 17.6. The van der Waals surface area contributed by atoms with Crippen molar-refractivity contribution in [1.29, 1.82) is 0 Å². The van der Waals surface area contributed by atoms with Gasteiger partial charge in [0.2, 0.25) is 5.91 Å². The number of nitrogens with zero attached hydrogens (tertiary/aromatic N) is 2. The van der Waals surface area contributed by atoms with Crippen molar-refractivity contribution in [3.8, 4) is 11.1 Å². The number of benzene rings is 1. The Hall–Kier alpha value is -1.81. The van der Waals surface area contributed by atoms with Gasteiger partial charge in [-0.15, -0.1) is 0 Å². The highest BCUT2D eigenvalue weighted by Crippen LogP contribution is 2.35. The van der Waals surface area contributed by atoms with E-state index in [4.69, 9.17) is 11.6 Å². The molecular formula is C21H26ClN3O. The Morgan fingerprint density at radius 1 is 1.08 bits per heavy atom. The molecule has 0 spiro atoms. The van der Waals surface area contributed by atoms with Gasteiger partial charge in [0.25, 0.3) is 0 Å². The molecule has 4 nitrogen and oxygen atoms in total. The summed E-state index contributed by atoms with van der Waals surface area (Å²) in [6.07, 6.45) is 9.87. The van der Waals surface area contributed by atoms with Crippen LogP contribution in [0.3, 0.4) is 0 Å². The summed E-state index contributed by atoms with van der Waals surface area (Å²) in [4.78, 5) is 15.1. The molecule has 26 heavy (non-hydrogen) atoms. The van der Waals surface area contributed by atoms with Crippen molar-refractivity contribution >= 4 is 17.5 Å². The highest BCUT2D eigenvalue weighted by atomic mass is 35.5. The second kappa shape index (κ2) is 7.83. The minimum Gasteiger partial charge on any atom is -0.342 e. The average molecular weight is 372 g/mol. The molecule has 2 heterocycles. The molecule has 1 N–H and O–H groups in total. The standard InChI is InChI=1S/C21H26ClN3O/c22-18-10-8-15(9-11-18)19-13-23-24-20(19)17-7-4-12-25(14-17)21(26)16-5-2-1-3-6-16/h8-11,13,16-17H,1-7,12,14H2,(H,23,24)/t17-/m1/s1. The van der Waals surface area contributed by atoms with Crippen LogP contribution in [-0.4, -0.2) is 34.1 Å². The lowest BCUT2D eigenvalue weighted by atomic mass is 9.86. The molecule has 138 valence electrons. The number of hydrogen-bond acceptors (Lipinski definition) is 2. The van der Waals surface area contributed by atoms with Crippen molar-refractivity contribution < 1.29 is 4.79 Å². The van der Waals surface area contributed by atoms with Crippen LogP contribution in [0.2, 0.25) is 5.02 Å². The first-order chi connectivity index (χ1) is 12.7. The molecule has 5 heteroatoms. The number of amides is 1. The van der Waals surface area contributed by atoms with Gasteiger partial charge in [0, 0.05) is 41.2 Å². The predicted molar refractivity (Wildman–Crippen MR) is 104 cm³/mol. The molecular weight excluding hydrogens is 346 g/mol. The van der Waals surface area contributed by atoms with Gasteiger partial charge < -0.3 is 4.90 Å². The van der Waals surface area contributed by atoms with E-state index >= 15 is 0 Å². The van der Waals surface area contributed by atoms with Crippen LogP contribution in [0.15, 0.2) is 30.5 Å². The van der Waals surface area contributed by atoms with Gasteiger partial charge in [0.05, 0.1) is 6.20 Å². The molecule has 0 bridgehead atoms. The molecule has 2 aliphatic rings. The smallest absolute Gasteiger partial charge is 0.225 e. The number of piperidine rings is 1. The number of aromatic nitrogens is 2. The van der Waals surface area contributed by atoms with E-state index in [1.165, 1.54) is 19.3 Å². The topological polar surface area (TPSA) is 49.0 Å². The third-order valence-electron chi connectivity index (χ3n) is 5.92. The van der Waals surface area contributed by atoms with E-state index in [0.717, 1.165) is 60.6 Å². The van der Waals surface area contributed by atoms with Crippen molar-refractivity contribution in [3.63, 3.8) is 0 Å². The van der Waals surface area contributed by atoms with Crippen LogP contribution in [0.25, 0.3) is 11.1 Å². The summed E-state index contributed by atoms with van der Waals surface area (Å²) in [5.74, 6) is 0.950. The third kappa shape index (κ3) is 3.66. The molecule has 2 fully saturated rings. The van der Waals surface area contributed by atoms with Crippen LogP contribution in [0.1, 0.15) is 56.6 Å². The fourth-order valence-corrected chi connectivity index (χ4v) is 4.61. The van der Waals surface area contributed by atoms with E-state index in [0.29, 0.717) is 11.8 Å². The van der Waals surface area contributed by atoms with Gasteiger partial charge in [-0.05, 0) is 43.4 Å². The maximum absolute atomic E-state index is 12.9. The number of rotatable bonds is 3. The Morgan fingerprint density at radius 3 is 2.62 bits per heavy atom. The van der Waals surface area contributed by atoms with E-state index in [2.05, 4.69) is 15.1 Å².